The third-order valence-electron chi connectivity index (χ3n) is 6.80. The van der Waals surface area contributed by atoms with Crippen LogP contribution in [0.1, 0.15) is 108 Å². The highest BCUT2D eigenvalue weighted by Gasteiger charge is 2.33. The molecule has 2 amide bonds. The van der Waals surface area contributed by atoms with Crippen molar-refractivity contribution in [2.75, 3.05) is 13.1 Å². The number of carbonyl (C=O) groups excluding carboxylic acids is 2. The number of nitrogens with two attached hydrogens (primary N) is 1. The fourth-order valence-electron chi connectivity index (χ4n) is 4.70. The first-order chi connectivity index (χ1) is 16.2. The SMILES string of the molecule is CCCCCCCCCCCCC(=O)N1Cc2ccccc2CC1C(=O)NCCCCCN. The molecule has 5 nitrogen and oxygen atoms in total. The zero-order valence-corrected chi connectivity index (χ0v) is 21.0. The third-order valence-corrected chi connectivity index (χ3v) is 6.80. The van der Waals surface area contributed by atoms with Crippen LogP contribution in [0.25, 0.3) is 0 Å². The molecule has 0 aliphatic carbocycles. The van der Waals surface area contributed by atoms with Gasteiger partial charge in [-0.05, 0) is 36.9 Å². The van der Waals surface area contributed by atoms with E-state index in [0.717, 1.165) is 32.1 Å². The predicted molar refractivity (Wildman–Crippen MR) is 137 cm³/mol. The molecule has 0 spiro atoms. The van der Waals surface area contributed by atoms with Gasteiger partial charge in [0.25, 0.3) is 0 Å². The molecule has 1 aromatic rings. The number of fused-ring (bicyclic) bond motifs is 1. The van der Waals surface area contributed by atoms with Gasteiger partial charge < -0.3 is 16.0 Å². The van der Waals surface area contributed by atoms with Crippen LogP contribution in [0, 0.1) is 0 Å². The lowest BCUT2D eigenvalue weighted by atomic mass is 9.93. The summed E-state index contributed by atoms with van der Waals surface area (Å²) in [7, 11) is 0. The summed E-state index contributed by atoms with van der Waals surface area (Å²) in [4.78, 5) is 27.9. The smallest absolute Gasteiger partial charge is 0.243 e. The molecular formula is C28H47N3O2. The summed E-state index contributed by atoms with van der Waals surface area (Å²) in [6.45, 7) is 4.13. The molecule has 0 aromatic heterocycles. The molecule has 2 rings (SSSR count). The summed E-state index contributed by atoms with van der Waals surface area (Å²) in [6, 6.07) is 7.80. The molecule has 5 heteroatoms. The number of rotatable bonds is 17. The minimum atomic E-state index is -0.398. The zero-order valence-electron chi connectivity index (χ0n) is 21.0. The first-order valence-electron chi connectivity index (χ1n) is 13.5. The van der Waals surface area contributed by atoms with Crippen molar-refractivity contribution in [2.24, 2.45) is 5.73 Å². The minimum absolute atomic E-state index is 0.0197. The molecule has 1 unspecified atom stereocenters. The van der Waals surface area contributed by atoms with Crippen LogP contribution in [0.5, 0.6) is 0 Å². The van der Waals surface area contributed by atoms with E-state index in [1.165, 1.54) is 62.5 Å². The number of unbranched alkanes of at least 4 members (excludes halogenated alkanes) is 11. The highest BCUT2D eigenvalue weighted by molar-refractivity contribution is 5.88. The second-order valence-electron chi connectivity index (χ2n) is 9.58. The fourth-order valence-corrected chi connectivity index (χ4v) is 4.70. The Kier molecular flexibility index (Phi) is 13.8. The second-order valence-corrected chi connectivity index (χ2v) is 9.58. The molecule has 0 radical (unpaired) electrons. The van der Waals surface area contributed by atoms with E-state index in [0.29, 0.717) is 32.5 Å². The van der Waals surface area contributed by atoms with E-state index in [4.69, 9.17) is 5.73 Å². The van der Waals surface area contributed by atoms with E-state index in [2.05, 4.69) is 24.4 Å². The van der Waals surface area contributed by atoms with Crippen LogP contribution in [-0.4, -0.2) is 35.8 Å². The summed E-state index contributed by atoms with van der Waals surface area (Å²) in [6.07, 6.45) is 16.6. The number of benzene rings is 1. The summed E-state index contributed by atoms with van der Waals surface area (Å²) < 4.78 is 0. The van der Waals surface area contributed by atoms with Crippen molar-refractivity contribution in [2.45, 2.75) is 116 Å². The van der Waals surface area contributed by atoms with Crippen molar-refractivity contribution in [3.63, 3.8) is 0 Å². The van der Waals surface area contributed by atoms with E-state index in [9.17, 15) is 9.59 Å². The Morgan fingerprint density at radius 2 is 1.48 bits per heavy atom. The van der Waals surface area contributed by atoms with Gasteiger partial charge in [0.1, 0.15) is 6.04 Å². The van der Waals surface area contributed by atoms with Crippen LogP contribution < -0.4 is 11.1 Å². The average Bonchev–Trinajstić information content (AvgIpc) is 2.84. The van der Waals surface area contributed by atoms with Crippen molar-refractivity contribution < 1.29 is 9.59 Å². The zero-order chi connectivity index (χ0) is 23.7. The second kappa shape index (κ2) is 16.7. The van der Waals surface area contributed by atoms with Crippen LogP contribution in [0.15, 0.2) is 24.3 Å². The predicted octanol–water partition coefficient (Wildman–Crippen LogP) is 5.50. The van der Waals surface area contributed by atoms with Crippen LogP contribution in [-0.2, 0) is 22.6 Å². The van der Waals surface area contributed by atoms with Crippen molar-refractivity contribution in [1.29, 1.82) is 0 Å². The van der Waals surface area contributed by atoms with Crippen LogP contribution in [0.4, 0.5) is 0 Å². The molecule has 1 aromatic carbocycles. The fraction of sp³-hybridized carbons (Fsp3) is 0.714. The molecule has 0 saturated heterocycles. The van der Waals surface area contributed by atoms with Gasteiger partial charge in [-0.15, -0.1) is 0 Å². The molecule has 186 valence electrons. The number of hydrogen-bond acceptors (Lipinski definition) is 3. The summed E-state index contributed by atoms with van der Waals surface area (Å²) in [5.41, 5.74) is 7.90. The summed E-state index contributed by atoms with van der Waals surface area (Å²) >= 11 is 0. The molecule has 0 saturated carbocycles. The molecule has 3 N–H and O–H groups in total. The van der Waals surface area contributed by atoms with Crippen LogP contribution in [0.2, 0.25) is 0 Å². The Hall–Kier alpha value is -1.88. The van der Waals surface area contributed by atoms with Gasteiger partial charge in [0, 0.05) is 25.9 Å². The standard InChI is InChI=1S/C28H47N3O2/c1-2-3-4-5-6-7-8-9-10-12-19-27(32)31-23-25-18-14-13-17-24(25)22-26(31)28(33)30-21-16-11-15-20-29/h13-14,17-18,26H,2-12,15-16,19-23,29H2,1H3,(H,30,33). The number of amides is 2. The van der Waals surface area contributed by atoms with E-state index >= 15 is 0 Å². The van der Waals surface area contributed by atoms with Crippen molar-refractivity contribution in [1.82, 2.24) is 10.2 Å². The molecule has 0 fully saturated rings. The van der Waals surface area contributed by atoms with Crippen molar-refractivity contribution in [3.05, 3.63) is 35.4 Å². The van der Waals surface area contributed by atoms with Gasteiger partial charge in [-0.2, -0.15) is 0 Å². The van der Waals surface area contributed by atoms with Crippen molar-refractivity contribution >= 4 is 11.8 Å². The maximum absolute atomic E-state index is 13.1. The van der Waals surface area contributed by atoms with Gasteiger partial charge in [-0.25, -0.2) is 0 Å². The highest BCUT2D eigenvalue weighted by atomic mass is 16.2. The Bertz CT molecular complexity index is 691. The van der Waals surface area contributed by atoms with Gasteiger partial charge in [-0.1, -0.05) is 95.4 Å². The maximum atomic E-state index is 13.1. The molecule has 33 heavy (non-hydrogen) atoms. The number of nitrogens with one attached hydrogen (secondary N) is 1. The van der Waals surface area contributed by atoms with Gasteiger partial charge >= 0.3 is 0 Å². The number of hydrogen-bond donors (Lipinski definition) is 2. The molecule has 1 atom stereocenters. The van der Waals surface area contributed by atoms with Crippen LogP contribution in [0.3, 0.4) is 0 Å². The Labute approximate surface area is 201 Å². The Balaban J connectivity index is 1.77. The average molecular weight is 458 g/mol. The molecule has 1 heterocycles. The quantitative estimate of drug-likeness (QED) is 0.303. The van der Waals surface area contributed by atoms with Gasteiger partial charge in [0.15, 0.2) is 0 Å². The van der Waals surface area contributed by atoms with Gasteiger partial charge in [-0.3, -0.25) is 9.59 Å². The highest BCUT2D eigenvalue weighted by Crippen LogP contribution is 2.25. The van der Waals surface area contributed by atoms with E-state index in [-0.39, 0.29) is 11.8 Å². The third kappa shape index (κ3) is 10.3. The maximum Gasteiger partial charge on any atom is 0.243 e. The Morgan fingerprint density at radius 3 is 2.15 bits per heavy atom. The normalized spacial score (nSPS) is 15.3. The van der Waals surface area contributed by atoms with E-state index in [1.807, 2.05) is 17.0 Å². The lowest BCUT2D eigenvalue weighted by Gasteiger charge is -2.36. The Morgan fingerprint density at radius 1 is 0.879 bits per heavy atom. The number of carbonyl (C=O) groups is 2. The van der Waals surface area contributed by atoms with E-state index < -0.39 is 6.04 Å². The minimum Gasteiger partial charge on any atom is -0.354 e. The topological polar surface area (TPSA) is 75.4 Å². The lowest BCUT2D eigenvalue weighted by molar-refractivity contribution is -0.142. The van der Waals surface area contributed by atoms with Crippen LogP contribution >= 0.6 is 0 Å². The lowest BCUT2D eigenvalue weighted by Crippen LogP contribution is -2.52. The van der Waals surface area contributed by atoms with Crippen molar-refractivity contribution in [3.8, 4) is 0 Å². The molecule has 1 aliphatic rings. The van der Waals surface area contributed by atoms with Gasteiger partial charge in [0.05, 0.1) is 0 Å². The number of nitrogens with zero attached hydrogens (tertiary/aromatic N) is 1. The largest absolute Gasteiger partial charge is 0.354 e. The van der Waals surface area contributed by atoms with Gasteiger partial charge in [0.2, 0.25) is 11.8 Å². The first kappa shape index (κ1) is 27.4. The summed E-state index contributed by atoms with van der Waals surface area (Å²) in [5, 5.41) is 3.06. The molecule has 0 bridgehead atoms. The monoisotopic (exact) mass is 457 g/mol. The first-order valence-corrected chi connectivity index (χ1v) is 13.5. The molecular weight excluding hydrogens is 410 g/mol. The molecule has 1 aliphatic heterocycles. The van der Waals surface area contributed by atoms with E-state index in [1.54, 1.807) is 0 Å². The summed E-state index contributed by atoms with van der Waals surface area (Å²) in [5.74, 6) is 0.0982.